The Morgan fingerprint density at radius 2 is 2.12 bits per heavy atom. The number of rotatable bonds is 9. The molecule has 0 amide bonds. The van der Waals surface area contributed by atoms with Gasteiger partial charge in [0.15, 0.2) is 0 Å². The van der Waals surface area contributed by atoms with Crippen LogP contribution in [0.2, 0.25) is 0 Å². The molecule has 0 aromatic rings. The van der Waals surface area contributed by atoms with E-state index in [1.54, 1.807) is 0 Å². The first-order chi connectivity index (χ1) is 7.59. The van der Waals surface area contributed by atoms with Crippen molar-refractivity contribution in [2.75, 3.05) is 33.3 Å². The fourth-order valence-corrected chi connectivity index (χ4v) is 1.58. The number of aliphatic hydroxyl groups is 1. The van der Waals surface area contributed by atoms with Crippen molar-refractivity contribution < 1.29 is 9.84 Å². The fraction of sp³-hybridized carbons (Fsp3) is 1.00. The molecule has 1 saturated carbocycles. The summed E-state index contributed by atoms with van der Waals surface area (Å²) in [7, 11) is 2.16. The summed E-state index contributed by atoms with van der Waals surface area (Å²) in [5.74, 6) is 0. The van der Waals surface area contributed by atoms with E-state index < -0.39 is 6.10 Å². The normalized spacial score (nSPS) is 18.4. The number of nitrogens with one attached hydrogen (secondary N) is 1. The van der Waals surface area contributed by atoms with E-state index in [2.05, 4.69) is 17.3 Å². The van der Waals surface area contributed by atoms with Gasteiger partial charge >= 0.3 is 0 Å². The summed E-state index contributed by atoms with van der Waals surface area (Å²) in [5.41, 5.74) is 0. The van der Waals surface area contributed by atoms with Gasteiger partial charge < -0.3 is 20.1 Å². The Kier molecular flexibility index (Phi) is 6.28. The van der Waals surface area contributed by atoms with Crippen LogP contribution in [0.4, 0.5) is 0 Å². The van der Waals surface area contributed by atoms with Crippen LogP contribution in [0.15, 0.2) is 0 Å². The molecule has 0 saturated heterocycles. The Hall–Kier alpha value is -0.160. The van der Waals surface area contributed by atoms with Crippen molar-refractivity contribution in [3.8, 4) is 0 Å². The maximum atomic E-state index is 9.58. The third-order valence-corrected chi connectivity index (χ3v) is 2.81. The number of hydrogen-bond donors (Lipinski definition) is 2. The molecule has 4 heteroatoms. The molecule has 1 rings (SSSR count). The summed E-state index contributed by atoms with van der Waals surface area (Å²) in [6.07, 6.45) is 2.49. The quantitative estimate of drug-likeness (QED) is 0.565. The molecule has 1 aliphatic rings. The van der Waals surface area contributed by atoms with Crippen LogP contribution in [-0.2, 0) is 4.74 Å². The zero-order chi connectivity index (χ0) is 12.0. The van der Waals surface area contributed by atoms with Gasteiger partial charge in [-0.2, -0.15) is 0 Å². The average molecular weight is 230 g/mol. The van der Waals surface area contributed by atoms with Crippen LogP contribution in [0.3, 0.4) is 0 Å². The van der Waals surface area contributed by atoms with E-state index in [1.807, 2.05) is 13.8 Å². The Morgan fingerprint density at radius 3 is 2.69 bits per heavy atom. The molecule has 1 aliphatic carbocycles. The van der Waals surface area contributed by atoms with E-state index >= 15 is 0 Å². The van der Waals surface area contributed by atoms with Gasteiger partial charge in [0.2, 0.25) is 0 Å². The minimum atomic E-state index is -0.395. The molecule has 4 nitrogen and oxygen atoms in total. The van der Waals surface area contributed by atoms with E-state index in [4.69, 9.17) is 4.74 Å². The molecular formula is C12H26N2O2. The van der Waals surface area contributed by atoms with Crippen LogP contribution in [-0.4, -0.2) is 61.5 Å². The Labute approximate surface area is 99.0 Å². The van der Waals surface area contributed by atoms with Gasteiger partial charge in [-0.3, -0.25) is 0 Å². The lowest BCUT2D eigenvalue weighted by Crippen LogP contribution is -2.36. The lowest BCUT2D eigenvalue weighted by atomic mass is 10.3. The topological polar surface area (TPSA) is 44.7 Å². The number of likely N-dealkylation sites (N-methyl/N-ethyl adjacent to an activating group) is 1. The van der Waals surface area contributed by atoms with Gasteiger partial charge in [-0.05, 0) is 33.7 Å². The number of aliphatic hydroxyl groups excluding tert-OH is 1. The minimum Gasteiger partial charge on any atom is -0.389 e. The van der Waals surface area contributed by atoms with Crippen molar-refractivity contribution in [3.05, 3.63) is 0 Å². The summed E-state index contributed by atoms with van der Waals surface area (Å²) >= 11 is 0. The van der Waals surface area contributed by atoms with Crippen molar-refractivity contribution in [1.29, 1.82) is 0 Å². The Balaban J connectivity index is 1.89. The van der Waals surface area contributed by atoms with Crippen LogP contribution in [0.25, 0.3) is 0 Å². The second kappa shape index (κ2) is 7.22. The molecule has 0 aromatic carbocycles. The summed E-state index contributed by atoms with van der Waals surface area (Å²) in [6, 6.07) is 0.816. The first-order valence-electron chi connectivity index (χ1n) is 6.30. The monoisotopic (exact) mass is 230 g/mol. The van der Waals surface area contributed by atoms with Crippen molar-refractivity contribution >= 4 is 0 Å². The van der Waals surface area contributed by atoms with E-state index in [0.717, 1.165) is 19.1 Å². The molecule has 0 radical (unpaired) electrons. The summed E-state index contributed by atoms with van der Waals surface area (Å²) in [4.78, 5) is 2.38. The fourth-order valence-electron chi connectivity index (χ4n) is 1.58. The van der Waals surface area contributed by atoms with Crippen LogP contribution >= 0.6 is 0 Å². The number of hydrogen-bond acceptors (Lipinski definition) is 4. The molecule has 0 aromatic heterocycles. The summed E-state index contributed by atoms with van der Waals surface area (Å²) in [5, 5.41) is 12.8. The molecule has 1 unspecified atom stereocenters. The SMILES string of the molecule is CC(C)OCC(O)CNCCN(C)C1CC1. The minimum absolute atomic E-state index is 0.190. The smallest absolute Gasteiger partial charge is 0.0897 e. The molecule has 1 atom stereocenters. The largest absolute Gasteiger partial charge is 0.389 e. The predicted molar refractivity (Wildman–Crippen MR) is 65.6 cm³/mol. The molecule has 0 bridgehead atoms. The van der Waals surface area contributed by atoms with Gasteiger partial charge in [-0.1, -0.05) is 0 Å². The average Bonchev–Trinajstić information content (AvgIpc) is 3.04. The maximum absolute atomic E-state index is 9.58. The highest BCUT2D eigenvalue weighted by atomic mass is 16.5. The summed E-state index contributed by atoms with van der Waals surface area (Å²) < 4.78 is 5.33. The highest BCUT2D eigenvalue weighted by Crippen LogP contribution is 2.24. The Morgan fingerprint density at radius 1 is 1.44 bits per heavy atom. The molecular weight excluding hydrogens is 204 g/mol. The van der Waals surface area contributed by atoms with Crippen molar-refractivity contribution in [2.45, 2.75) is 44.9 Å². The van der Waals surface area contributed by atoms with Gasteiger partial charge in [0.25, 0.3) is 0 Å². The van der Waals surface area contributed by atoms with Gasteiger partial charge in [-0.25, -0.2) is 0 Å². The van der Waals surface area contributed by atoms with E-state index in [-0.39, 0.29) is 6.10 Å². The lowest BCUT2D eigenvalue weighted by molar-refractivity contribution is 0.00634. The molecule has 0 aliphatic heterocycles. The van der Waals surface area contributed by atoms with Crippen molar-refractivity contribution in [1.82, 2.24) is 10.2 Å². The molecule has 96 valence electrons. The Bertz CT molecular complexity index is 184. The van der Waals surface area contributed by atoms with Crippen molar-refractivity contribution in [2.24, 2.45) is 0 Å². The number of nitrogens with zero attached hydrogens (tertiary/aromatic N) is 1. The first-order valence-corrected chi connectivity index (χ1v) is 6.30. The third kappa shape index (κ3) is 6.43. The summed E-state index contributed by atoms with van der Waals surface area (Å²) in [6.45, 7) is 6.98. The second-order valence-electron chi connectivity index (χ2n) is 4.95. The highest BCUT2D eigenvalue weighted by Gasteiger charge is 2.25. The van der Waals surface area contributed by atoms with E-state index in [0.29, 0.717) is 13.2 Å². The maximum Gasteiger partial charge on any atom is 0.0897 e. The second-order valence-corrected chi connectivity index (χ2v) is 4.95. The van der Waals surface area contributed by atoms with Gasteiger partial charge in [0, 0.05) is 25.7 Å². The van der Waals surface area contributed by atoms with Gasteiger partial charge in [0.1, 0.15) is 0 Å². The molecule has 0 heterocycles. The van der Waals surface area contributed by atoms with E-state index in [1.165, 1.54) is 12.8 Å². The zero-order valence-electron chi connectivity index (χ0n) is 10.8. The molecule has 2 N–H and O–H groups in total. The van der Waals surface area contributed by atoms with Crippen LogP contribution in [0, 0.1) is 0 Å². The first kappa shape index (κ1) is 13.9. The predicted octanol–water partition coefficient (Wildman–Crippen LogP) is 0.456. The molecule has 0 spiro atoms. The molecule has 16 heavy (non-hydrogen) atoms. The van der Waals surface area contributed by atoms with Crippen molar-refractivity contribution in [3.63, 3.8) is 0 Å². The van der Waals surface area contributed by atoms with Gasteiger partial charge in [-0.15, -0.1) is 0 Å². The highest BCUT2D eigenvalue weighted by molar-refractivity contribution is 4.82. The van der Waals surface area contributed by atoms with E-state index in [9.17, 15) is 5.11 Å². The third-order valence-electron chi connectivity index (χ3n) is 2.81. The van der Waals surface area contributed by atoms with Gasteiger partial charge in [0.05, 0.1) is 18.8 Å². The van der Waals surface area contributed by atoms with Crippen LogP contribution in [0.5, 0.6) is 0 Å². The van der Waals surface area contributed by atoms with Crippen LogP contribution in [0.1, 0.15) is 26.7 Å². The zero-order valence-corrected chi connectivity index (χ0v) is 10.8. The number of ether oxygens (including phenoxy) is 1. The molecule has 1 fully saturated rings. The van der Waals surface area contributed by atoms with Crippen LogP contribution < -0.4 is 5.32 Å². The standard InChI is InChI=1S/C12H26N2O2/c1-10(2)16-9-12(15)8-13-6-7-14(3)11-4-5-11/h10-13,15H,4-9H2,1-3H3. The lowest BCUT2D eigenvalue weighted by Gasteiger charge is -2.17.